The summed E-state index contributed by atoms with van der Waals surface area (Å²) in [5.41, 5.74) is 7.24. The Balaban J connectivity index is 2.70. The molecule has 0 aliphatic carbocycles. The first-order valence-electron chi connectivity index (χ1n) is 6.20. The molecule has 1 atom stereocenters. The molecular weight excluding hydrogens is 264 g/mol. The van der Waals surface area contributed by atoms with Crippen molar-refractivity contribution in [1.82, 2.24) is 5.32 Å². The molecule has 1 unspecified atom stereocenters. The van der Waals surface area contributed by atoms with Gasteiger partial charge in [0.1, 0.15) is 5.60 Å². The zero-order chi connectivity index (χ0) is 14.6. The van der Waals surface area contributed by atoms with Crippen LogP contribution in [0.3, 0.4) is 0 Å². The number of nitrogens with one attached hydrogen (secondary N) is 1. The molecule has 0 aliphatic rings. The van der Waals surface area contributed by atoms with Crippen molar-refractivity contribution in [3.8, 4) is 0 Å². The number of carbonyl (C=O) groups excluding carboxylic acids is 1. The maximum absolute atomic E-state index is 11.6. The Kier molecular flexibility index (Phi) is 5.20. The van der Waals surface area contributed by atoms with Crippen molar-refractivity contribution in [3.05, 3.63) is 34.3 Å². The maximum atomic E-state index is 11.6. The quantitative estimate of drug-likeness (QED) is 0.894. The standard InChI is InChI=1S/C14H21ClN2O2/c1-9(16)12-7-11(15)6-5-10(12)8-17-13(18)19-14(2,3)4/h5-7,9H,8,16H2,1-4H3,(H,17,18). The molecule has 0 bridgehead atoms. The number of benzene rings is 1. The third-order valence-electron chi connectivity index (χ3n) is 2.42. The Morgan fingerprint density at radius 3 is 2.63 bits per heavy atom. The molecule has 1 aromatic rings. The van der Waals surface area contributed by atoms with Crippen LogP contribution >= 0.6 is 11.6 Å². The van der Waals surface area contributed by atoms with Gasteiger partial charge in [-0.05, 0) is 51.0 Å². The first-order chi connectivity index (χ1) is 8.69. The number of nitrogens with two attached hydrogens (primary N) is 1. The normalized spacial score (nSPS) is 12.9. The third kappa shape index (κ3) is 5.49. The lowest BCUT2D eigenvalue weighted by Gasteiger charge is -2.20. The van der Waals surface area contributed by atoms with E-state index in [1.807, 2.05) is 39.8 Å². The summed E-state index contributed by atoms with van der Waals surface area (Å²) in [6.07, 6.45) is -0.446. The smallest absolute Gasteiger partial charge is 0.407 e. The van der Waals surface area contributed by atoms with E-state index in [0.717, 1.165) is 11.1 Å². The molecule has 0 saturated carbocycles. The number of halogens is 1. The summed E-state index contributed by atoms with van der Waals surface area (Å²) in [5.74, 6) is 0. The molecule has 0 saturated heterocycles. The molecule has 1 rings (SSSR count). The van der Waals surface area contributed by atoms with E-state index in [9.17, 15) is 4.79 Å². The van der Waals surface area contributed by atoms with E-state index >= 15 is 0 Å². The van der Waals surface area contributed by atoms with Crippen molar-refractivity contribution in [2.24, 2.45) is 5.73 Å². The lowest BCUT2D eigenvalue weighted by atomic mass is 10.0. The highest BCUT2D eigenvalue weighted by Crippen LogP contribution is 2.21. The Bertz CT molecular complexity index is 453. The van der Waals surface area contributed by atoms with Gasteiger partial charge >= 0.3 is 6.09 Å². The van der Waals surface area contributed by atoms with Gasteiger partial charge in [0.05, 0.1) is 0 Å². The molecular formula is C14H21ClN2O2. The van der Waals surface area contributed by atoms with Gasteiger partial charge in [-0.1, -0.05) is 17.7 Å². The SMILES string of the molecule is CC(N)c1cc(Cl)ccc1CNC(=O)OC(C)(C)C. The van der Waals surface area contributed by atoms with Gasteiger partial charge in [-0.2, -0.15) is 0 Å². The molecule has 106 valence electrons. The van der Waals surface area contributed by atoms with Crippen molar-refractivity contribution < 1.29 is 9.53 Å². The monoisotopic (exact) mass is 284 g/mol. The molecule has 0 aliphatic heterocycles. The highest BCUT2D eigenvalue weighted by atomic mass is 35.5. The number of carbonyl (C=O) groups is 1. The van der Waals surface area contributed by atoms with Crippen LogP contribution in [0, 0.1) is 0 Å². The van der Waals surface area contributed by atoms with Crippen LogP contribution in [0.25, 0.3) is 0 Å². The number of hydrogen-bond acceptors (Lipinski definition) is 3. The summed E-state index contributed by atoms with van der Waals surface area (Å²) in [5, 5.41) is 3.34. The van der Waals surface area contributed by atoms with Crippen LogP contribution in [0.4, 0.5) is 4.79 Å². The van der Waals surface area contributed by atoms with Crippen molar-refractivity contribution in [3.63, 3.8) is 0 Å². The minimum Gasteiger partial charge on any atom is -0.444 e. The number of ether oxygens (including phenoxy) is 1. The minimum atomic E-state index is -0.506. The van der Waals surface area contributed by atoms with Gasteiger partial charge in [-0.25, -0.2) is 4.79 Å². The first kappa shape index (κ1) is 15.8. The molecule has 1 aromatic carbocycles. The molecule has 0 radical (unpaired) electrons. The van der Waals surface area contributed by atoms with E-state index < -0.39 is 11.7 Å². The van der Waals surface area contributed by atoms with Crippen LogP contribution in [0.5, 0.6) is 0 Å². The number of alkyl carbamates (subject to hydrolysis) is 1. The topological polar surface area (TPSA) is 64.3 Å². The molecule has 4 nitrogen and oxygen atoms in total. The second-order valence-corrected chi connectivity index (χ2v) is 5.92. The molecule has 3 N–H and O–H groups in total. The van der Waals surface area contributed by atoms with Gasteiger partial charge in [0.25, 0.3) is 0 Å². The molecule has 0 spiro atoms. The van der Waals surface area contributed by atoms with Gasteiger partial charge in [0, 0.05) is 17.6 Å². The minimum absolute atomic E-state index is 0.144. The fourth-order valence-electron chi connectivity index (χ4n) is 1.63. The van der Waals surface area contributed by atoms with Crippen LogP contribution in [0.1, 0.15) is 44.9 Å². The lowest BCUT2D eigenvalue weighted by molar-refractivity contribution is 0.0523. The van der Waals surface area contributed by atoms with Crippen LogP contribution in [-0.4, -0.2) is 11.7 Å². The Morgan fingerprint density at radius 2 is 2.11 bits per heavy atom. The molecule has 19 heavy (non-hydrogen) atoms. The predicted octanol–water partition coefficient (Wildman–Crippen LogP) is 3.38. The van der Waals surface area contributed by atoms with E-state index in [0.29, 0.717) is 11.6 Å². The largest absolute Gasteiger partial charge is 0.444 e. The third-order valence-corrected chi connectivity index (χ3v) is 2.66. The van der Waals surface area contributed by atoms with E-state index in [2.05, 4.69) is 5.32 Å². The Labute approximate surface area is 119 Å². The van der Waals surface area contributed by atoms with Gasteiger partial charge in [0.2, 0.25) is 0 Å². The van der Waals surface area contributed by atoms with Crippen molar-refractivity contribution >= 4 is 17.7 Å². The van der Waals surface area contributed by atoms with E-state index in [1.54, 1.807) is 6.07 Å². The maximum Gasteiger partial charge on any atom is 0.407 e. The molecule has 1 amide bonds. The highest BCUT2D eigenvalue weighted by molar-refractivity contribution is 6.30. The second kappa shape index (κ2) is 6.26. The molecule has 5 heteroatoms. The number of rotatable bonds is 3. The summed E-state index contributed by atoms with van der Waals surface area (Å²) in [4.78, 5) is 11.6. The number of amides is 1. The van der Waals surface area contributed by atoms with Crippen LogP contribution < -0.4 is 11.1 Å². The van der Waals surface area contributed by atoms with Crippen molar-refractivity contribution in [2.45, 2.75) is 45.9 Å². The van der Waals surface area contributed by atoms with E-state index in [1.165, 1.54) is 0 Å². The fraction of sp³-hybridized carbons (Fsp3) is 0.500. The highest BCUT2D eigenvalue weighted by Gasteiger charge is 2.16. The molecule has 0 fully saturated rings. The Hall–Kier alpha value is -1.26. The van der Waals surface area contributed by atoms with Gasteiger partial charge < -0.3 is 15.8 Å². The predicted molar refractivity (Wildman–Crippen MR) is 77.1 cm³/mol. The molecule has 0 aromatic heterocycles. The van der Waals surface area contributed by atoms with Crippen LogP contribution in [0.2, 0.25) is 5.02 Å². The van der Waals surface area contributed by atoms with Crippen LogP contribution in [0.15, 0.2) is 18.2 Å². The van der Waals surface area contributed by atoms with Gasteiger partial charge in [-0.3, -0.25) is 0 Å². The Morgan fingerprint density at radius 1 is 1.47 bits per heavy atom. The average Bonchev–Trinajstić information content (AvgIpc) is 2.24. The summed E-state index contributed by atoms with van der Waals surface area (Å²) < 4.78 is 5.18. The van der Waals surface area contributed by atoms with Crippen LogP contribution in [-0.2, 0) is 11.3 Å². The summed E-state index contributed by atoms with van der Waals surface area (Å²) in [6, 6.07) is 5.31. The van der Waals surface area contributed by atoms with Gasteiger partial charge in [0.15, 0.2) is 0 Å². The zero-order valence-electron chi connectivity index (χ0n) is 11.8. The summed E-state index contributed by atoms with van der Waals surface area (Å²) in [6.45, 7) is 7.71. The second-order valence-electron chi connectivity index (χ2n) is 5.49. The van der Waals surface area contributed by atoms with Crippen molar-refractivity contribution in [2.75, 3.05) is 0 Å². The average molecular weight is 285 g/mol. The van der Waals surface area contributed by atoms with Gasteiger partial charge in [-0.15, -0.1) is 0 Å². The molecule has 0 heterocycles. The fourth-order valence-corrected chi connectivity index (χ4v) is 1.81. The number of hydrogen-bond donors (Lipinski definition) is 2. The van der Waals surface area contributed by atoms with Crippen molar-refractivity contribution in [1.29, 1.82) is 0 Å². The summed E-state index contributed by atoms with van der Waals surface area (Å²) >= 11 is 5.94. The lowest BCUT2D eigenvalue weighted by Crippen LogP contribution is -2.32. The first-order valence-corrected chi connectivity index (χ1v) is 6.57. The van der Waals surface area contributed by atoms with E-state index in [-0.39, 0.29) is 6.04 Å². The summed E-state index contributed by atoms with van der Waals surface area (Å²) in [7, 11) is 0. The zero-order valence-corrected chi connectivity index (χ0v) is 12.5. The van der Waals surface area contributed by atoms with E-state index in [4.69, 9.17) is 22.1 Å².